The third-order valence-corrected chi connectivity index (χ3v) is 6.68. The molecule has 2 amide bonds. The number of furan rings is 1. The van der Waals surface area contributed by atoms with Crippen LogP contribution in [0.5, 0.6) is 0 Å². The van der Waals surface area contributed by atoms with Gasteiger partial charge in [0.2, 0.25) is 11.8 Å². The second-order valence-electron chi connectivity index (χ2n) is 8.50. The van der Waals surface area contributed by atoms with Gasteiger partial charge in [0.15, 0.2) is 0 Å². The van der Waals surface area contributed by atoms with Gasteiger partial charge in [-0.2, -0.15) is 11.8 Å². The molecule has 2 heterocycles. The molecule has 2 aromatic heterocycles. The highest BCUT2D eigenvalue weighted by Crippen LogP contribution is 2.32. The minimum Gasteiger partial charge on any atom is -0.481 e. The lowest BCUT2D eigenvalue weighted by Gasteiger charge is -2.18. The smallest absolute Gasteiger partial charge is 0.339 e. The van der Waals surface area contributed by atoms with Gasteiger partial charge >= 0.3 is 11.6 Å². The van der Waals surface area contributed by atoms with E-state index in [0.717, 1.165) is 27.5 Å². The SMILES string of the molecule is CSCCC(NC(=O)CCc1c(C)c2cc3c(C)coc3c(C)c2oc1=O)C(=O)NCCC(=O)O. The second kappa shape index (κ2) is 11.4. The van der Waals surface area contributed by atoms with Crippen LogP contribution in [0.2, 0.25) is 0 Å². The highest BCUT2D eigenvalue weighted by Gasteiger charge is 2.22. The summed E-state index contributed by atoms with van der Waals surface area (Å²) in [5.74, 6) is -1.17. The molecule has 3 rings (SSSR count). The molecule has 0 bridgehead atoms. The molecule has 188 valence electrons. The fourth-order valence-corrected chi connectivity index (χ4v) is 4.50. The predicted molar refractivity (Wildman–Crippen MR) is 135 cm³/mol. The van der Waals surface area contributed by atoms with E-state index in [9.17, 15) is 19.2 Å². The maximum atomic E-state index is 12.8. The number of hydrogen-bond acceptors (Lipinski definition) is 7. The maximum absolute atomic E-state index is 12.8. The summed E-state index contributed by atoms with van der Waals surface area (Å²) in [6, 6.07) is 1.16. The first kappa shape index (κ1) is 26.3. The normalized spacial score (nSPS) is 12.1. The first-order valence-corrected chi connectivity index (χ1v) is 12.7. The zero-order valence-corrected chi connectivity index (χ0v) is 21.1. The summed E-state index contributed by atoms with van der Waals surface area (Å²) in [6.45, 7) is 5.62. The first-order valence-electron chi connectivity index (χ1n) is 11.4. The Balaban J connectivity index is 1.75. The molecule has 0 aliphatic heterocycles. The number of rotatable bonds is 11. The molecule has 1 unspecified atom stereocenters. The number of amides is 2. The quantitative estimate of drug-likeness (QED) is 0.340. The lowest BCUT2D eigenvalue weighted by molar-refractivity contribution is -0.137. The number of aliphatic carboxylic acids is 1. The minimum absolute atomic E-state index is 0.00124. The van der Waals surface area contributed by atoms with Crippen LogP contribution < -0.4 is 16.3 Å². The zero-order valence-electron chi connectivity index (χ0n) is 20.3. The summed E-state index contributed by atoms with van der Waals surface area (Å²) >= 11 is 1.54. The lowest BCUT2D eigenvalue weighted by Crippen LogP contribution is -2.47. The van der Waals surface area contributed by atoms with Crippen molar-refractivity contribution in [3.8, 4) is 0 Å². The van der Waals surface area contributed by atoms with Crippen molar-refractivity contribution in [3.63, 3.8) is 0 Å². The summed E-state index contributed by atoms with van der Waals surface area (Å²) in [6.07, 6.45) is 3.93. The topological polar surface area (TPSA) is 139 Å². The summed E-state index contributed by atoms with van der Waals surface area (Å²) in [7, 11) is 0. The lowest BCUT2D eigenvalue weighted by atomic mass is 9.98. The van der Waals surface area contributed by atoms with Crippen molar-refractivity contribution in [1.29, 1.82) is 0 Å². The molecule has 1 atom stereocenters. The average molecular weight is 503 g/mol. The van der Waals surface area contributed by atoms with Crippen LogP contribution in [0.25, 0.3) is 21.9 Å². The van der Waals surface area contributed by atoms with Crippen LogP contribution in [0.15, 0.2) is 26.0 Å². The molecule has 0 saturated heterocycles. The molecule has 3 N–H and O–H groups in total. The van der Waals surface area contributed by atoms with Crippen LogP contribution in [-0.2, 0) is 20.8 Å². The van der Waals surface area contributed by atoms with E-state index in [1.165, 1.54) is 11.8 Å². The van der Waals surface area contributed by atoms with Gasteiger partial charge in [0.25, 0.3) is 0 Å². The summed E-state index contributed by atoms with van der Waals surface area (Å²) in [4.78, 5) is 48.5. The Labute approximate surface area is 206 Å². The third-order valence-electron chi connectivity index (χ3n) is 6.04. The van der Waals surface area contributed by atoms with Crippen molar-refractivity contribution in [2.24, 2.45) is 0 Å². The van der Waals surface area contributed by atoms with Crippen LogP contribution in [0.4, 0.5) is 0 Å². The van der Waals surface area contributed by atoms with Crippen molar-refractivity contribution in [2.75, 3.05) is 18.6 Å². The average Bonchev–Trinajstić information content (AvgIpc) is 3.18. The number of carbonyl (C=O) groups is 3. The Morgan fingerprint density at radius 3 is 2.51 bits per heavy atom. The van der Waals surface area contributed by atoms with Crippen molar-refractivity contribution in [2.45, 2.75) is 52.5 Å². The molecule has 1 aromatic carbocycles. The van der Waals surface area contributed by atoms with Gasteiger partial charge < -0.3 is 24.6 Å². The number of thioether (sulfide) groups is 1. The zero-order chi connectivity index (χ0) is 25.7. The second-order valence-corrected chi connectivity index (χ2v) is 9.49. The fourth-order valence-electron chi connectivity index (χ4n) is 4.03. The number of carbonyl (C=O) groups excluding carboxylic acids is 2. The van der Waals surface area contributed by atoms with E-state index in [-0.39, 0.29) is 31.7 Å². The first-order chi connectivity index (χ1) is 16.6. The standard InChI is InChI=1S/C25H30N2O7S/c1-13-12-33-22-15(3)23-18(11-17(13)22)14(2)16(25(32)34-23)5-6-20(28)27-19(8-10-35-4)24(31)26-9-7-21(29)30/h11-12,19H,5-10H2,1-4H3,(H,26,31)(H,27,28)(H,29,30). The highest BCUT2D eigenvalue weighted by atomic mass is 32.2. The summed E-state index contributed by atoms with van der Waals surface area (Å²) in [5, 5.41) is 15.8. The van der Waals surface area contributed by atoms with Gasteiger partial charge in [-0.3, -0.25) is 14.4 Å². The number of hydrogen-bond donors (Lipinski definition) is 3. The Morgan fingerprint density at radius 2 is 1.83 bits per heavy atom. The van der Waals surface area contributed by atoms with Crippen molar-refractivity contribution >= 4 is 51.5 Å². The van der Waals surface area contributed by atoms with Gasteiger partial charge in [-0.15, -0.1) is 0 Å². The van der Waals surface area contributed by atoms with E-state index in [1.54, 1.807) is 6.26 Å². The number of aryl methyl sites for hydroxylation is 3. The largest absolute Gasteiger partial charge is 0.481 e. The van der Waals surface area contributed by atoms with Crippen molar-refractivity contribution < 1.29 is 28.3 Å². The number of carboxylic acid groups (broad SMARTS) is 1. The fraction of sp³-hybridized carbons (Fsp3) is 0.440. The molecule has 0 aliphatic carbocycles. The van der Waals surface area contributed by atoms with E-state index in [2.05, 4.69) is 10.6 Å². The monoisotopic (exact) mass is 502 g/mol. The molecule has 0 aliphatic rings. The van der Waals surface area contributed by atoms with Gasteiger partial charge in [0, 0.05) is 34.9 Å². The van der Waals surface area contributed by atoms with Gasteiger partial charge in [-0.05, 0) is 62.8 Å². The van der Waals surface area contributed by atoms with E-state index < -0.39 is 23.5 Å². The Hall–Kier alpha value is -3.27. The molecule has 0 saturated carbocycles. The van der Waals surface area contributed by atoms with E-state index >= 15 is 0 Å². The van der Waals surface area contributed by atoms with Crippen LogP contribution >= 0.6 is 11.8 Å². The van der Waals surface area contributed by atoms with Gasteiger partial charge in [-0.1, -0.05) is 0 Å². The highest BCUT2D eigenvalue weighted by molar-refractivity contribution is 7.98. The van der Waals surface area contributed by atoms with Crippen molar-refractivity contribution in [1.82, 2.24) is 10.6 Å². The molecule has 0 fully saturated rings. The van der Waals surface area contributed by atoms with E-state index in [0.29, 0.717) is 28.9 Å². The Morgan fingerprint density at radius 1 is 1.09 bits per heavy atom. The summed E-state index contributed by atoms with van der Waals surface area (Å²) in [5.41, 5.74) is 3.55. The molecular weight excluding hydrogens is 472 g/mol. The number of nitrogens with one attached hydrogen (secondary N) is 2. The van der Waals surface area contributed by atoms with Crippen LogP contribution in [0.1, 0.15) is 41.5 Å². The molecule has 0 spiro atoms. The molecule has 0 radical (unpaired) electrons. The van der Waals surface area contributed by atoms with Gasteiger partial charge in [0.1, 0.15) is 17.2 Å². The van der Waals surface area contributed by atoms with Crippen LogP contribution in [0, 0.1) is 20.8 Å². The Kier molecular flexibility index (Phi) is 8.61. The molecule has 3 aromatic rings. The van der Waals surface area contributed by atoms with Gasteiger partial charge in [0.05, 0.1) is 12.7 Å². The van der Waals surface area contributed by atoms with E-state index in [4.69, 9.17) is 13.9 Å². The molecule has 10 heteroatoms. The molecular formula is C25H30N2O7S. The van der Waals surface area contributed by atoms with Gasteiger partial charge in [-0.25, -0.2) is 4.79 Å². The maximum Gasteiger partial charge on any atom is 0.339 e. The summed E-state index contributed by atoms with van der Waals surface area (Å²) < 4.78 is 11.2. The number of fused-ring (bicyclic) bond motifs is 2. The minimum atomic E-state index is -1.02. The van der Waals surface area contributed by atoms with Crippen molar-refractivity contribution in [3.05, 3.63) is 45.0 Å². The van der Waals surface area contributed by atoms with Crippen LogP contribution in [0.3, 0.4) is 0 Å². The molecule has 35 heavy (non-hydrogen) atoms. The van der Waals surface area contributed by atoms with E-state index in [1.807, 2.05) is 33.1 Å². The molecule has 9 nitrogen and oxygen atoms in total. The Bertz CT molecular complexity index is 1330. The van der Waals surface area contributed by atoms with Crippen LogP contribution in [-0.4, -0.2) is 47.5 Å². The predicted octanol–water partition coefficient (Wildman–Crippen LogP) is 3.23. The number of benzene rings is 1. The number of carboxylic acids is 1. The third kappa shape index (κ3) is 6.05.